The molecule has 1 aromatic rings. The summed E-state index contributed by atoms with van der Waals surface area (Å²) in [4.78, 5) is 0. The van der Waals surface area contributed by atoms with Crippen molar-refractivity contribution in [2.75, 3.05) is 18.6 Å². The third kappa shape index (κ3) is 3.04. The summed E-state index contributed by atoms with van der Waals surface area (Å²) < 4.78 is 5.11. The Morgan fingerprint density at radius 1 is 1.44 bits per heavy atom. The van der Waals surface area contributed by atoms with Gasteiger partial charge in [-0.05, 0) is 18.2 Å². The molecule has 0 saturated heterocycles. The number of thiol groups is 1. The maximum atomic E-state index is 9.92. The zero-order valence-corrected chi connectivity index (χ0v) is 10.0. The minimum Gasteiger partial charge on any atom is -0.496 e. The molecule has 5 heteroatoms. The van der Waals surface area contributed by atoms with E-state index in [1.54, 1.807) is 18.2 Å². The van der Waals surface area contributed by atoms with E-state index < -0.39 is 12.2 Å². The molecular formula is C11H17NO3S. The number of anilines is 1. The molecule has 1 aromatic carbocycles. The molecule has 2 unspecified atom stereocenters. The molecule has 0 aliphatic rings. The Morgan fingerprint density at radius 2 is 2.12 bits per heavy atom. The lowest BCUT2D eigenvalue weighted by Crippen LogP contribution is -2.19. The zero-order chi connectivity index (χ0) is 12.1. The van der Waals surface area contributed by atoms with Crippen LogP contribution in [0.25, 0.3) is 0 Å². The van der Waals surface area contributed by atoms with Gasteiger partial charge in [-0.3, -0.25) is 0 Å². The van der Waals surface area contributed by atoms with Crippen LogP contribution in [0.4, 0.5) is 5.69 Å². The first-order valence-electron chi connectivity index (χ1n) is 5.00. The fourth-order valence-corrected chi connectivity index (χ4v) is 1.73. The van der Waals surface area contributed by atoms with E-state index in [-0.39, 0.29) is 0 Å². The quantitative estimate of drug-likeness (QED) is 0.459. The van der Waals surface area contributed by atoms with Crippen molar-refractivity contribution in [1.29, 1.82) is 0 Å². The van der Waals surface area contributed by atoms with Crippen molar-refractivity contribution in [2.24, 2.45) is 0 Å². The molecule has 0 spiro atoms. The summed E-state index contributed by atoms with van der Waals surface area (Å²) in [5.41, 5.74) is 6.69. The van der Waals surface area contributed by atoms with Gasteiger partial charge < -0.3 is 20.7 Å². The Hall–Kier alpha value is -0.910. The highest BCUT2D eigenvalue weighted by Gasteiger charge is 2.21. The number of nitrogen functional groups attached to an aromatic ring is 1. The molecule has 0 aliphatic heterocycles. The van der Waals surface area contributed by atoms with Gasteiger partial charge in [-0.1, -0.05) is 6.07 Å². The van der Waals surface area contributed by atoms with E-state index in [0.717, 1.165) is 0 Å². The standard InChI is InChI=1S/C11H17NO3S/c1-15-10-6-7(12)2-3-8(10)11(14)9(13)4-5-16/h2-3,6,9,11,13-14,16H,4-5,12H2,1H3. The summed E-state index contributed by atoms with van der Waals surface area (Å²) >= 11 is 4.01. The van der Waals surface area contributed by atoms with Crippen LogP contribution in [-0.4, -0.2) is 29.2 Å². The van der Waals surface area contributed by atoms with Crippen molar-refractivity contribution in [3.05, 3.63) is 23.8 Å². The van der Waals surface area contributed by atoms with Crippen LogP contribution in [-0.2, 0) is 0 Å². The van der Waals surface area contributed by atoms with Crippen molar-refractivity contribution in [1.82, 2.24) is 0 Å². The van der Waals surface area contributed by atoms with Gasteiger partial charge in [0.15, 0.2) is 0 Å². The second-order valence-corrected chi connectivity index (χ2v) is 3.97. The van der Waals surface area contributed by atoms with E-state index in [0.29, 0.717) is 29.2 Å². The Bertz CT molecular complexity index is 346. The highest BCUT2D eigenvalue weighted by Crippen LogP contribution is 2.30. The molecule has 2 atom stereocenters. The lowest BCUT2D eigenvalue weighted by molar-refractivity contribution is 0.0159. The molecule has 0 saturated carbocycles. The van der Waals surface area contributed by atoms with Crippen molar-refractivity contribution >= 4 is 18.3 Å². The van der Waals surface area contributed by atoms with Crippen molar-refractivity contribution in [3.63, 3.8) is 0 Å². The van der Waals surface area contributed by atoms with Crippen LogP contribution >= 0.6 is 12.6 Å². The molecule has 4 nitrogen and oxygen atoms in total. The first-order chi connectivity index (χ1) is 7.60. The summed E-state index contributed by atoms with van der Waals surface area (Å²) in [5.74, 6) is 0.987. The van der Waals surface area contributed by atoms with Crippen molar-refractivity contribution < 1.29 is 14.9 Å². The largest absolute Gasteiger partial charge is 0.496 e. The fraction of sp³-hybridized carbons (Fsp3) is 0.455. The molecule has 0 amide bonds. The van der Waals surface area contributed by atoms with E-state index >= 15 is 0 Å². The number of benzene rings is 1. The summed E-state index contributed by atoms with van der Waals surface area (Å²) in [7, 11) is 1.50. The van der Waals surface area contributed by atoms with Crippen molar-refractivity contribution in [3.8, 4) is 5.75 Å². The van der Waals surface area contributed by atoms with Crippen LogP contribution in [0.15, 0.2) is 18.2 Å². The Balaban J connectivity index is 2.93. The van der Waals surface area contributed by atoms with Crippen LogP contribution in [0, 0.1) is 0 Å². The van der Waals surface area contributed by atoms with Gasteiger partial charge in [-0.25, -0.2) is 0 Å². The number of hydrogen-bond donors (Lipinski definition) is 4. The molecule has 90 valence electrons. The topological polar surface area (TPSA) is 75.7 Å². The first kappa shape index (κ1) is 13.2. The van der Waals surface area contributed by atoms with Gasteiger partial charge >= 0.3 is 0 Å². The van der Waals surface area contributed by atoms with E-state index in [1.165, 1.54) is 7.11 Å². The second kappa shape index (κ2) is 5.98. The van der Waals surface area contributed by atoms with E-state index in [4.69, 9.17) is 10.5 Å². The monoisotopic (exact) mass is 243 g/mol. The number of methoxy groups -OCH3 is 1. The van der Waals surface area contributed by atoms with Gasteiger partial charge in [-0.15, -0.1) is 0 Å². The molecule has 0 heterocycles. The number of nitrogens with two attached hydrogens (primary N) is 1. The van der Waals surface area contributed by atoms with Crippen LogP contribution in [0.1, 0.15) is 18.1 Å². The van der Waals surface area contributed by atoms with E-state index in [2.05, 4.69) is 12.6 Å². The van der Waals surface area contributed by atoms with Gasteiger partial charge in [0, 0.05) is 17.3 Å². The highest BCUT2D eigenvalue weighted by molar-refractivity contribution is 7.80. The second-order valence-electron chi connectivity index (χ2n) is 3.53. The molecule has 0 bridgehead atoms. The van der Waals surface area contributed by atoms with Crippen LogP contribution in [0.2, 0.25) is 0 Å². The minimum absolute atomic E-state index is 0.414. The first-order valence-corrected chi connectivity index (χ1v) is 5.63. The summed E-state index contributed by atoms with van der Waals surface area (Å²) in [6.07, 6.45) is -1.42. The molecule has 16 heavy (non-hydrogen) atoms. The molecule has 0 fully saturated rings. The molecule has 0 aromatic heterocycles. The average molecular weight is 243 g/mol. The predicted octanol–water partition coefficient (Wildman–Crippen LogP) is 0.992. The summed E-state index contributed by atoms with van der Waals surface area (Å²) in [6, 6.07) is 4.93. The molecule has 1 rings (SSSR count). The van der Waals surface area contributed by atoms with Gasteiger partial charge in [0.2, 0.25) is 0 Å². The lowest BCUT2D eigenvalue weighted by atomic mass is 10.0. The van der Waals surface area contributed by atoms with Crippen LogP contribution < -0.4 is 10.5 Å². The van der Waals surface area contributed by atoms with Gasteiger partial charge in [0.05, 0.1) is 13.2 Å². The van der Waals surface area contributed by atoms with Crippen molar-refractivity contribution in [2.45, 2.75) is 18.6 Å². The van der Waals surface area contributed by atoms with Crippen LogP contribution in [0.3, 0.4) is 0 Å². The van der Waals surface area contributed by atoms with Gasteiger partial charge in [-0.2, -0.15) is 12.6 Å². The highest BCUT2D eigenvalue weighted by atomic mass is 32.1. The molecular weight excluding hydrogens is 226 g/mol. The Labute approximate surface area is 100 Å². The third-order valence-corrected chi connectivity index (χ3v) is 2.62. The predicted molar refractivity (Wildman–Crippen MR) is 66.8 cm³/mol. The zero-order valence-electron chi connectivity index (χ0n) is 9.13. The molecule has 0 radical (unpaired) electrons. The average Bonchev–Trinajstić information content (AvgIpc) is 2.28. The normalized spacial score (nSPS) is 14.5. The van der Waals surface area contributed by atoms with E-state index in [1.807, 2.05) is 0 Å². The van der Waals surface area contributed by atoms with E-state index in [9.17, 15) is 10.2 Å². The fourth-order valence-electron chi connectivity index (χ4n) is 1.47. The number of ether oxygens (including phenoxy) is 1. The number of aliphatic hydroxyl groups is 2. The maximum absolute atomic E-state index is 9.92. The van der Waals surface area contributed by atoms with Gasteiger partial charge in [0.1, 0.15) is 11.9 Å². The summed E-state index contributed by atoms with van der Waals surface area (Å²) in [5, 5.41) is 19.6. The Morgan fingerprint density at radius 3 is 2.69 bits per heavy atom. The maximum Gasteiger partial charge on any atom is 0.126 e. The van der Waals surface area contributed by atoms with Crippen LogP contribution in [0.5, 0.6) is 5.75 Å². The smallest absolute Gasteiger partial charge is 0.126 e. The number of aliphatic hydroxyl groups excluding tert-OH is 2. The minimum atomic E-state index is -0.984. The molecule has 4 N–H and O–H groups in total. The van der Waals surface area contributed by atoms with Gasteiger partial charge in [0.25, 0.3) is 0 Å². The third-order valence-electron chi connectivity index (χ3n) is 2.37. The lowest BCUT2D eigenvalue weighted by Gasteiger charge is -2.19. The number of rotatable bonds is 5. The number of hydrogen-bond acceptors (Lipinski definition) is 5. The SMILES string of the molecule is COc1cc(N)ccc1C(O)C(O)CCS. The molecule has 0 aliphatic carbocycles. The Kier molecular flexibility index (Phi) is 4.92. The summed E-state index contributed by atoms with van der Waals surface area (Å²) in [6.45, 7) is 0.